The van der Waals surface area contributed by atoms with Crippen molar-refractivity contribution in [3.05, 3.63) is 16.0 Å². The molecule has 1 fully saturated rings. The number of carbonyl (C=O) groups excluding carboxylic acids is 2. The Kier molecular flexibility index (Phi) is 4.79. The molecule has 21 heavy (non-hydrogen) atoms. The van der Waals surface area contributed by atoms with E-state index in [1.54, 1.807) is 6.92 Å². The summed E-state index contributed by atoms with van der Waals surface area (Å²) in [6.07, 6.45) is 2.17. The van der Waals surface area contributed by atoms with Gasteiger partial charge >= 0.3 is 11.9 Å². The molecule has 1 saturated carbocycles. The van der Waals surface area contributed by atoms with Gasteiger partial charge in [-0.2, -0.15) is 0 Å². The predicted octanol–water partition coefficient (Wildman–Crippen LogP) is 2.08. The number of thiophene rings is 1. The van der Waals surface area contributed by atoms with Gasteiger partial charge in [-0.15, -0.1) is 11.3 Å². The van der Waals surface area contributed by atoms with Crippen LogP contribution in [0.1, 0.15) is 38.4 Å². The molecule has 0 spiro atoms. The standard InChI is InChI=1S/C13H16N2O4S2/c1-6-8(11(16)18-2)10(21-9(6)12(17)19-3)15-13(20)14-7-4-5-7/h7H,4-5H2,1-3H3,(H2,14,15,20). The molecule has 0 bridgehead atoms. The Bertz CT molecular complexity index is 593. The lowest BCUT2D eigenvalue weighted by molar-refractivity contribution is 0.0601. The number of carbonyl (C=O) groups is 2. The summed E-state index contributed by atoms with van der Waals surface area (Å²) in [5.74, 6) is -1.01. The maximum absolute atomic E-state index is 11.9. The van der Waals surface area contributed by atoms with Crippen LogP contribution >= 0.6 is 23.6 Å². The molecule has 0 atom stereocenters. The molecule has 0 aliphatic heterocycles. The first kappa shape index (κ1) is 15.7. The van der Waals surface area contributed by atoms with Crippen LogP contribution in [0.5, 0.6) is 0 Å². The molecule has 1 aromatic heterocycles. The lowest BCUT2D eigenvalue weighted by atomic mass is 10.1. The van der Waals surface area contributed by atoms with Crippen molar-refractivity contribution in [2.75, 3.05) is 19.5 Å². The van der Waals surface area contributed by atoms with Crippen LogP contribution in [-0.4, -0.2) is 37.3 Å². The summed E-state index contributed by atoms with van der Waals surface area (Å²) in [4.78, 5) is 24.0. The Balaban J connectivity index is 2.30. The molecule has 1 aliphatic carbocycles. The molecule has 2 N–H and O–H groups in total. The molecule has 0 radical (unpaired) electrons. The van der Waals surface area contributed by atoms with E-state index in [0.717, 1.165) is 24.2 Å². The predicted molar refractivity (Wildman–Crippen MR) is 84.1 cm³/mol. The number of hydrogen-bond acceptors (Lipinski definition) is 6. The summed E-state index contributed by atoms with van der Waals surface area (Å²) in [7, 11) is 2.59. The van der Waals surface area contributed by atoms with E-state index in [0.29, 0.717) is 32.2 Å². The lowest BCUT2D eigenvalue weighted by Crippen LogP contribution is -2.30. The number of thiocarbonyl (C=S) groups is 1. The van der Waals surface area contributed by atoms with Gasteiger partial charge in [0.25, 0.3) is 0 Å². The Morgan fingerprint density at radius 2 is 1.86 bits per heavy atom. The topological polar surface area (TPSA) is 76.7 Å². The Morgan fingerprint density at radius 1 is 1.24 bits per heavy atom. The molecule has 0 unspecified atom stereocenters. The summed E-state index contributed by atoms with van der Waals surface area (Å²) >= 11 is 6.32. The zero-order valence-corrected chi connectivity index (χ0v) is 13.6. The number of esters is 2. The number of ether oxygens (including phenoxy) is 2. The molecule has 8 heteroatoms. The van der Waals surface area contributed by atoms with Gasteiger partial charge in [0.2, 0.25) is 0 Å². The third-order valence-corrected chi connectivity index (χ3v) is 4.45. The first-order chi connectivity index (χ1) is 9.97. The van der Waals surface area contributed by atoms with Crippen LogP contribution in [0, 0.1) is 6.92 Å². The van der Waals surface area contributed by atoms with Gasteiger partial charge < -0.3 is 20.1 Å². The van der Waals surface area contributed by atoms with Gasteiger partial charge in [-0.05, 0) is 37.5 Å². The van der Waals surface area contributed by atoms with E-state index >= 15 is 0 Å². The summed E-state index contributed by atoms with van der Waals surface area (Å²) in [5, 5.41) is 7.00. The summed E-state index contributed by atoms with van der Waals surface area (Å²) in [6, 6.07) is 0.396. The van der Waals surface area contributed by atoms with Crippen LogP contribution in [0.4, 0.5) is 5.00 Å². The maximum atomic E-state index is 11.9. The molecule has 0 saturated heterocycles. The van der Waals surface area contributed by atoms with Crippen molar-refractivity contribution in [2.24, 2.45) is 0 Å². The molecular formula is C13H16N2O4S2. The molecule has 6 nitrogen and oxygen atoms in total. The molecule has 0 aromatic carbocycles. The minimum absolute atomic E-state index is 0.308. The van der Waals surface area contributed by atoms with E-state index in [-0.39, 0.29) is 0 Å². The zero-order chi connectivity index (χ0) is 15.6. The van der Waals surface area contributed by atoms with Crippen molar-refractivity contribution >= 4 is 45.6 Å². The largest absolute Gasteiger partial charge is 0.465 e. The maximum Gasteiger partial charge on any atom is 0.348 e. The first-order valence-electron chi connectivity index (χ1n) is 6.35. The second-order valence-electron chi connectivity index (χ2n) is 4.62. The number of methoxy groups -OCH3 is 2. The average molecular weight is 328 g/mol. The van der Waals surface area contributed by atoms with Crippen molar-refractivity contribution in [3.8, 4) is 0 Å². The quantitative estimate of drug-likeness (QED) is 0.647. The van der Waals surface area contributed by atoms with Gasteiger partial charge in [0.05, 0.1) is 19.8 Å². The third-order valence-electron chi connectivity index (χ3n) is 3.05. The molecule has 1 aromatic rings. The highest BCUT2D eigenvalue weighted by molar-refractivity contribution is 7.80. The van der Waals surface area contributed by atoms with Crippen LogP contribution in [0.15, 0.2) is 0 Å². The van der Waals surface area contributed by atoms with Gasteiger partial charge in [-0.1, -0.05) is 0 Å². The van der Waals surface area contributed by atoms with E-state index in [4.69, 9.17) is 21.7 Å². The second-order valence-corrected chi connectivity index (χ2v) is 6.05. The zero-order valence-electron chi connectivity index (χ0n) is 11.9. The lowest BCUT2D eigenvalue weighted by Gasteiger charge is -2.09. The molecule has 114 valence electrons. The van der Waals surface area contributed by atoms with Gasteiger partial charge in [0, 0.05) is 6.04 Å². The second kappa shape index (κ2) is 6.40. The Hall–Kier alpha value is -1.67. The molecular weight excluding hydrogens is 312 g/mol. The van der Waals surface area contributed by atoms with Crippen molar-refractivity contribution in [1.82, 2.24) is 5.32 Å². The van der Waals surface area contributed by atoms with Crippen LogP contribution < -0.4 is 10.6 Å². The van der Waals surface area contributed by atoms with Crippen molar-refractivity contribution in [1.29, 1.82) is 0 Å². The summed E-state index contributed by atoms with van der Waals surface area (Å²) < 4.78 is 9.49. The van der Waals surface area contributed by atoms with Gasteiger partial charge in [0.1, 0.15) is 9.88 Å². The highest BCUT2D eigenvalue weighted by atomic mass is 32.1. The van der Waals surface area contributed by atoms with Gasteiger partial charge in [-0.25, -0.2) is 9.59 Å². The SMILES string of the molecule is COC(=O)c1sc(NC(=S)NC2CC2)c(C(=O)OC)c1C. The van der Waals surface area contributed by atoms with E-state index in [1.165, 1.54) is 14.2 Å². The number of rotatable bonds is 4. The van der Waals surface area contributed by atoms with Gasteiger partial charge in [-0.3, -0.25) is 0 Å². The number of anilines is 1. The van der Waals surface area contributed by atoms with Crippen LogP contribution in [0.25, 0.3) is 0 Å². The van der Waals surface area contributed by atoms with E-state index in [9.17, 15) is 9.59 Å². The fraction of sp³-hybridized carbons (Fsp3) is 0.462. The van der Waals surface area contributed by atoms with Crippen molar-refractivity contribution in [3.63, 3.8) is 0 Å². The normalized spacial score (nSPS) is 13.5. The Labute approximate surface area is 131 Å². The fourth-order valence-corrected chi connectivity index (χ4v) is 3.24. The molecule has 1 heterocycles. The summed E-state index contributed by atoms with van der Waals surface area (Å²) in [6.45, 7) is 1.68. The Morgan fingerprint density at radius 3 is 2.38 bits per heavy atom. The summed E-state index contributed by atoms with van der Waals surface area (Å²) in [5.41, 5.74) is 0.832. The van der Waals surface area contributed by atoms with Crippen LogP contribution in [0.2, 0.25) is 0 Å². The third kappa shape index (κ3) is 3.51. The fourth-order valence-electron chi connectivity index (χ4n) is 1.79. The number of hydrogen-bond donors (Lipinski definition) is 2. The van der Waals surface area contributed by atoms with Gasteiger partial charge in [0.15, 0.2) is 5.11 Å². The number of nitrogens with one attached hydrogen (secondary N) is 2. The smallest absolute Gasteiger partial charge is 0.348 e. The van der Waals surface area contributed by atoms with Crippen molar-refractivity contribution in [2.45, 2.75) is 25.8 Å². The van der Waals surface area contributed by atoms with Crippen LogP contribution in [0.3, 0.4) is 0 Å². The van der Waals surface area contributed by atoms with Crippen molar-refractivity contribution < 1.29 is 19.1 Å². The van der Waals surface area contributed by atoms with E-state index < -0.39 is 11.9 Å². The van der Waals surface area contributed by atoms with E-state index in [2.05, 4.69) is 10.6 Å². The molecule has 2 rings (SSSR count). The highest BCUT2D eigenvalue weighted by Crippen LogP contribution is 2.34. The highest BCUT2D eigenvalue weighted by Gasteiger charge is 2.27. The monoisotopic (exact) mass is 328 g/mol. The first-order valence-corrected chi connectivity index (χ1v) is 7.58. The molecule has 1 aliphatic rings. The minimum atomic E-state index is -0.518. The van der Waals surface area contributed by atoms with E-state index in [1.807, 2.05) is 0 Å². The minimum Gasteiger partial charge on any atom is -0.465 e. The average Bonchev–Trinajstić information content (AvgIpc) is 3.20. The molecule has 0 amide bonds. The van der Waals surface area contributed by atoms with Crippen LogP contribution in [-0.2, 0) is 9.47 Å².